The van der Waals surface area contributed by atoms with Crippen molar-refractivity contribution < 1.29 is 14.0 Å². The number of carbonyl (C=O) groups excluding carboxylic acids is 2. The van der Waals surface area contributed by atoms with Crippen LogP contribution in [-0.2, 0) is 11.3 Å². The number of amides is 1. The molecule has 0 fully saturated rings. The van der Waals surface area contributed by atoms with Gasteiger partial charge in [0.05, 0.1) is 22.8 Å². The number of hydrogen-bond acceptors (Lipinski definition) is 3. The first kappa shape index (κ1) is 14.2. The highest BCUT2D eigenvalue weighted by molar-refractivity contribution is 9.10. The number of pyridine rings is 1. The fraction of sp³-hybridized carbons (Fsp3) is 0.0714. The van der Waals surface area contributed by atoms with E-state index < -0.39 is 17.5 Å². The first-order chi connectivity index (χ1) is 9.97. The third-order valence-corrected chi connectivity index (χ3v) is 3.84. The van der Waals surface area contributed by atoms with Gasteiger partial charge in [-0.05, 0) is 39.7 Å². The van der Waals surface area contributed by atoms with Crippen molar-refractivity contribution in [1.29, 1.82) is 0 Å². The minimum atomic E-state index is -0.702. The molecule has 0 atom stereocenters. The molecule has 3 rings (SSSR count). The van der Waals surface area contributed by atoms with Crippen LogP contribution < -0.4 is 4.90 Å². The van der Waals surface area contributed by atoms with E-state index in [4.69, 9.17) is 11.6 Å². The molecule has 0 radical (unpaired) electrons. The maximum atomic E-state index is 13.6. The molecule has 7 heteroatoms. The third kappa shape index (κ3) is 2.45. The minimum Gasteiger partial charge on any atom is -0.300 e. The zero-order chi connectivity index (χ0) is 15.1. The molecule has 0 bridgehead atoms. The number of anilines is 1. The van der Waals surface area contributed by atoms with Gasteiger partial charge in [0.2, 0.25) is 0 Å². The van der Waals surface area contributed by atoms with Crippen LogP contribution in [0.1, 0.15) is 15.9 Å². The third-order valence-electron chi connectivity index (χ3n) is 3.12. The number of carbonyl (C=O) groups is 2. The molecule has 21 heavy (non-hydrogen) atoms. The van der Waals surface area contributed by atoms with E-state index in [1.807, 2.05) is 0 Å². The maximum absolute atomic E-state index is 13.6. The highest BCUT2D eigenvalue weighted by Crippen LogP contribution is 2.34. The number of benzene rings is 1. The van der Waals surface area contributed by atoms with Crippen LogP contribution in [0.2, 0.25) is 5.02 Å². The topological polar surface area (TPSA) is 50.3 Å². The van der Waals surface area contributed by atoms with Gasteiger partial charge >= 0.3 is 0 Å². The van der Waals surface area contributed by atoms with Gasteiger partial charge in [0.15, 0.2) is 0 Å². The molecule has 1 amide bonds. The Morgan fingerprint density at radius 2 is 2.00 bits per heavy atom. The second-order valence-electron chi connectivity index (χ2n) is 4.52. The molecule has 1 aromatic heterocycles. The number of fused-ring (bicyclic) bond motifs is 1. The van der Waals surface area contributed by atoms with Gasteiger partial charge in [0.1, 0.15) is 5.82 Å². The summed E-state index contributed by atoms with van der Waals surface area (Å²) in [5, 5.41) is -0.180. The minimum absolute atomic E-state index is 0.120. The van der Waals surface area contributed by atoms with Crippen molar-refractivity contribution in [2.75, 3.05) is 4.90 Å². The van der Waals surface area contributed by atoms with Gasteiger partial charge in [-0.3, -0.25) is 14.6 Å². The van der Waals surface area contributed by atoms with Crippen molar-refractivity contribution in [3.63, 3.8) is 0 Å². The summed E-state index contributed by atoms with van der Waals surface area (Å²) >= 11 is 8.94. The summed E-state index contributed by atoms with van der Waals surface area (Å²) in [5.41, 5.74) is 1.06. The standard InChI is InChI=1S/C14H7BrClFN2O2/c15-8-1-7(4-18-5-8)6-19-12-3-11(17)10(16)2-9(12)13(20)14(19)21/h1-5H,6H2. The highest BCUT2D eigenvalue weighted by atomic mass is 79.9. The van der Waals surface area contributed by atoms with Crippen molar-refractivity contribution in [1.82, 2.24) is 4.98 Å². The molecule has 106 valence electrons. The van der Waals surface area contributed by atoms with Crippen LogP contribution in [0.3, 0.4) is 0 Å². The SMILES string of the molecule is O=C1C(=O)N(Cc2cncc(Br)c2)c2cc(F)c(Cl)cc21. The van der Waals surface area contributed by atoms with E-state index in [0.717, 1.165) is 10.5 Å². The van der Waals surface area contributed by atoms with Crippen LogP contribution in [0, 0.1) is 5.82 Å². The number of rotatable bonds is 2. The Bertz CT molecular complexity index is 782. The fourth-order valence-corrected chi connectivity index (χ4v) is 2.75. The molecule has 0 unspecified atom stereocenters. The largest absolute Gasteiger partial charge is 0.300 e. The maximum Gasteiger partial charge on any atom is 0.299 e. The number of Topliss-reactive ketones (excluding diaryl/α,β-unsaturated/α-hetero) is 1. The number of nitrogens with zero attached hydrogens (tertiary/aromatic N) is 2. The van der Waals surface area contributed by atoms with Crippen LogP contribution in [0.25, 0.3) is 0 Å². The van der Waals surface area contributed by atoms with E-state index in [0.29, 0.717) is 5.56 Å². The van der Waals surface area contributed by atoms with E-state index in [9.17, 15) is 14.0 Å². The van der Waals surface area contributed by atoms with Crippen molar-refractivity contribution in [2.24, 2.45) is 0 Å². The van der Waals surface area contributed by atoms with Crippen molar-refractivity contribution in [3.05, 3.63) is 57.0 Å². The molecule has 1 aromatic carbocycles. The summed E-state index contributed by atoms with van der Waals surface area (Å²) in [6, 6.07) is 4.06. The van der Waals surface area contributed by atoms with Crippen molar-refractivity contribution in [3.8, 4) is 0 Å². The van der Waals surface area contributed by atoms with E-state index in [1.165, 1.54) is 11.0 Å². The number of ketones is 1. The number of hydrogen-bond donors (Lipinski definition) is 0. The molecule has 1 aliphatic rings. The lowest BCUT2D eigenvalue weighted by Crippen LogP contribution is -2.29. The van der Waals surface area contributed by atoms with Gasteiger partial charge in [0.25, 0.3) is 11.7 Å². The second-order valence-corrected chi connectivity index (χ2v) is 5.84. The molecule has 2 heterocycles. The van der Waals surface area contributed by atoms with Crippen molar-refractivity contribution >= 4 is 44.9 Å². The van der Waals surface area contributed by atoms with Crippen molar-refractivity contribution in [2.45, 2.75) is 6.54 Å². The lowest BCUT2D eigenvalue weighted by Gasteiger charge is -2.16. The van der Waals surface area contributed by atoms with E-state index in [-0.39, 0.29) is 22.8 Å². The highest BCUT2D eigenvalue weighted by Gasteiger charge is 2.36. The first-order valence-electron chi connectivity index (χ1n) is 5.92. The molecule has 0 aliphatic carbocycles. The Hall–Kier alpha value is -1.79. The Labute approximate surface area is 132 Å². The molecule has 2 aromatic rings. The summed E-state index contributed by atoms with van der Waals surface area (Å²) in [6.07, 6.45) is 3.18. The summed E-state index contributed by atoms with van der Waals surface area (Å²) in [5.74, 6) is -2.06. The average Bonchev–Trinajstić information content (AvgIpc) is 2.65. The zero-order valence-electron chi connectivity index (χ0n) is 10.4. The summed E-state index contributed by atoms with van der Waals surface area (Å²) in [7, 11) is 0. The monoisotopic (exact) mass is 368 g/mol. The quantitative estimate of drug-likeness (QED) is 0.763. The van der Waals surface area contributed by atoms with Gasteiger partial charge in [-0.25, -0.2) is 4.39 Å². The van der Waals surface area contributed by atoms with Gasteiger partial charge in [-0.2, -0.15) is 0 Å². The average molecular weight is 370 g/mol. The normalized spacial score (nSPS) is 13.8. The summed E-state index contributed by atoms with van der Waals surface area (Å²) < 4.78 is 14.4. The molecule has 0 spiro atoms. The lowest BCUT2D eigenvalue weighted by atomic mass is 10.1. The molecule has 4 nitrogen and oxygen atoms in total. The Balaban J connectivity index is 2.03. The van der Waals surface area contributed by atoms with Gasteiger partial charge in [-0.1, -0.05) is 11.6 Å². The van der Waals surface area contributed by atoms with Crippen LogP contribution in [-0.4, -0.2) is 16.7 Å². The number of halogens is 3. The molecule has 0 saturated carbocycles. The van der Waals surface area contributed by atoms with E-state index in [1.54, 1.807) is 18.5 Å². The Morgan fingerprint density at radius 1 is 1.24 bits per heavy atom. The van der Waals surface area contributed by atoms with Gasteiger partial charge < -0.3 is 4.90 Å². The summed E-state index contributed by atoms with van der Waals surface area (Å²) in [6.45, 7) is 0.130. The van der Waals surface area contributed by atoms with Gasteiger partial charge in [-0.15, -0.1) is 0 Å². The predicted molar refractivity (Wildman–Crippen MR) is 78.9 cm³/mol. The Morgan fingerprint density at radius 3 is 2.71 bits per heavy atom. The molecule has 0 N–H and O–H groups in total. The van der Waals surface area contributed by atoms with Crippen LogP contribution >= 0.6 is 27.5 Å². The molecule has 0 saturated heterocycles. The van der Waals surface area contributed by atoms with E-state index in [2.05, 4.69) is 20.9 Å². The van der Waals surface area contributed by atoms with Crippen LogP contribution in [0.5, 0.6) is 0 Å². The lowest BCUT2D eigenvalue weighted by molar-refractivity contribution is -0.114. The second kappa shape index (κ2) is 5.20. The predicted octanol–water partition coefficient (Wildman–Crippen LogP) is 3.37. The summed E-state index contributed by atoms with van der Waals surface area (Å²) in [4.78, 5) is 29.2. The zero-order valence-corrected chi connectivity index (χ0v) is 12.8. The smallest absolute Gasteiger partial charge is 0.299 e. The molecular formula is C14H7BrClFN2O2. The fourth-order valence-electron chi connectivity index (χ4n) is 2.17. The van der Waals surface area contributed by atoms with E-state index >= 15 is 0 Å². The molecular weight excluding hydrogens is 363 g/mol. The van der Waals surface area contributed by atoms with Gasteiger partial charge in [0, 0.05) is 16.9 Å². The first-order valence-corrected chi connectivity index (χ1v) is 7.09. The number of aromatic nitrogens is 1. The van der Waals surface area contributed by atoms with Crippen LogP contribution in [0.4, 0.5) is 10.1 Å². The van der Waals surface area contributed by atoms with Crippen LogP contribution in [0.15, 0.2) is 35.1 Å². The molecule has 1 aliphatic heterocycles. The Kier molecular flexibility index (Phi) is 3.51.